The molecule has 0 radical (unpaired) electrons. The number of nitrogens with zero attached hydrogens (tertiary/aromatic N) is 2. The Labute approximate surface area is 325 Å². The van der Waals surface area contributed by atoms with Crippen LogP contribution in [0.4, 0.5) is 15.3 Å². The molecule has 15 nitrogen and oxygen atoms in total. The van der Waals surface area contributed by atoms with Gasteiger partial charge in [-0.2, -0.15) is 3.89 Å². The number of carbonyl (C=O) groups is 6. The van der Waals surface area contributed by atoms with E-state index in [0.717, 1.165) is 0 Å². The second-order valence-corrected chi connectivity index (χ2v) is 17.1. The van der Waals surface area contributed by atoms with E-state index in [-0.39, 0.29) is 24.3 Å². The van der Waals surface area contributed by atoms with Crippen LogP contribution >= 0.6 is 18.8 Å². The number of likely N-dealkylation sites (tertiary alicyclic amines) is 1. The van der Waals surface area contributed by atoms with Crippen molar-refractivity contribution in [2.24, 2.45) is 11.7 Å². The van der Waals surface area contributed by atoms with Crippen LogP contribution in [-0.4, -0.2) is 75.1 Å². The number of Topliss-reactive ketones (excluding diaryl/α,β-unsaturated/α-hetero) is 1. The number of carbonyl (C=O) groups excluding carboxylic acids is 6. The number of non-ortho nitro benzene ring substituents is 1. The summed E-state index contributed by atoms with van der Waals surface area (Å²) in [6.45, 7) is -2.91. The third-order valence-electron chi connectivity index (χ3n) is 8.75. The Hall–Kier alpha value is -6.09. The van der Waals surface area contributed by atoms with E-state index in [1.54, 1.807) is 91.0 Å². The van der Waals surface area contributed by atoms with Gasteiger partial charge in [-0.15, -0.1) is 0 Å². The number of quaternary nitrogens is 1. The molecule has 290 valence electrons. The van der Waals surface area contributed by atoms with Crippen LogP contribution in [0.2, 0.25) is 0 Å². The lowest BCUT2D eigenvalue weighted by Crippen LogP contribution is -2.72. The normalized spacial score (nSPS) is 16.7. The molecule has 5 rings (SSSR count). The van der Waals surface area contributed by atoms with Crippen LogP contribution in [0.3, 0.4) is 0 Å². The van der Waals surface area contributed by atoms with Gasteiger partial charge in [-0.05, 0) is 47.5 Å². The number of ketones is 1. The van der Waals surface area contributed by atoms with Gasteiger partial charge in [0.25, 0.3) is 10.8 Å². The second-order valence-electron chi connectivity index (χ2n) is 12.5. The summed E-state index contributed by atoms with van der Waals surface area (Å²) < 4.78 is 20.2. The molecule has 1 aliphatic rings. The number of hydrogen-bond donors (Lipinski definition) is 1. The lowest BCUT2D eigenvalue weighted by molar-refractivity contribution is -0.659. The Morgan fingerprint density at radius 3 is 1.79 bits per heavy atom. The van der Waals surface area contributed by atoms with Gasteiger partial charge in [0.15, 0.2) is 30.3 Å². The first-order valence-corrected chi connectivity index (χ1v) is 19.6. The fraction of sp³-hybridized carbons (Fsp3) is 0.205. The molecule has 0 bridgehead atoms. The predicted molar refractivity (Wildman–Crippen MR) is 207 cm³/mol. The first-order valence-electron chi connectivity index (χ1n) is 17.0. The van der Waals surface area contributed by atoms with Gasteiger partial charge >= 0.3 is 24.1 Å². The summed E-state index contributed by atoms with van der Waals surface area (Å²) in [5.41, 5.74) is 5.29. The quantitative estimate of drug-likeness (QED) is 0.0262. The molecule has 3 atom stereocenters. The van der Waals surface area contributed by atoms with Crippen LogP contribution in [0.5, 0.6) is 0 Å². The molecule has 1 saturated heterocycles. The highest BCUT2D eigenvalue weighted by atomic mass is 32.2. The third kappa shape index (κ3) is 8.89. The molecule has 56 heavy (non-hydrogen) atoms. The van der Waals surface area contributed by atoms with E-state index in [1.807, 2.05) is 0 Å². The van der Waals surface area contributed by atoms with Crippen molar-refractivity contribution in [3.8, 4) is 0 Å². The van der Waals surface area contributed by atoms with Crippen molar-refractivity contribution in [2.45, 2.75) is 26.6 Å². The van der Waals surface area contributed by atoms with Crippen LogP contribution < -0.4 is 21.6 Å². The van der Waals surface area contributed by atoms with Crippen LogP contribution in [0.1, 0.15) is 19.4 Å². The number of primary amides is 1. The minimum atomic E-state index is -3.53. The second kappa shape index (κ2) is 18.0. The lowest BCUT2D eigenvalue weighted by Gasteiger charge is -2.47. The fourth-order valence-corrected chi connectivity index (χ4v) is 12.3. The number of rotatable bonds is 15. The molecular weight excluding hydrogens is 765 g/mol. The Kier molecular flexibility index (Phi) is 13.2. The molecule has 2 amide bonds. The molecule has 1 aliphatic heterocycles. The minimum absolute atomic E-state index is 0.146. The third-order valence-corrected chi connectivity index (χ3v) is 14.4. The van der Waals surface area contributed by atoms with E-state index in [1.165, 1.54) is 38.1 Å². The highest BCUT2D eigenvalue weighted by Crippen LogP contribution is 2.53. The van der Waals surface area contributed by atoms with Gasteiger partial charge in [0.1, 0.15) is 25.9 Å². The van der Waals surface area contributed by atoms with Crippen molar-refractivity contribution in [1.29, 1.82) is 0 Å². The first kappa shape index (κ1) is 41.1. The maximum atomic E-state index is 15.0. The van der Waals surface area contributed by atoms with Gasteiger partial charge < -0.3 is 24.7 Å². The summed E-state index contributed by atoms with van der Waals surface area (Å²) in [7, 11) is 0. The zero-order chi connectivity index (χ0) is 40.5. The van der Waals surface area contributed by atoms with E-state index >= 15 is 0 Å². The lowest BCUT2D eigenvalue weighted by atomic mass is 9.93. The fourth-order valence-electron chi connectivity index (χ4n) is 6.25. The standard InChI is InChI=1S/C39H36N3O12PS/c1-26(43)23-51-37(46)36(55(30-12-6-3-7-13-30,31-14-8-4-9-15-31)32-16-10-5-11-17-32)42(56-34(44)25-52-38(40)47)22-33(35(42)45)27(2)54-39(48)53-24-28-18-20-29(21-19-28)41(49)50/h3-21,27,33H,22-25H2,1-2H3,(H-,40,47)/p+1/t27?,33-,42?/m0/s1. The number of nitro benzene ring substituents is 1. The number of hydrogen-bond acceptors (Lipinski definition) is 13. The molecule has 0 saturated carbocycles. The Balaban J connectivity index is 1.67. The van der Waals surface area contributed by atoms with Gasteiger partial charge in [0, 0.05) is 19.0 Å². The molecule has 1 heterocycles. The molecule has 17 heteroatoms. The van der Waals surface area contributed by atoms with Gasteiger partial charge in [-0.3, -0.25) is 19.7 Å². The maximum Gasteiger partial charge on any atom is 0.508 e. The molecule has 2 N–H and O–H groups in total. The van der Waals surface area contributed by atoms with Crippen LogP contribution in [-0.2, 0) is 44.7 Å². The number of nitrogens with two attached hydrogens (primary N) is 1. The number of esters is 1. The largest absolute Gasteiger partial charge is 0.508 e. The smallest absolute Gasteiger partial charge is 0.450 e. The molecule has 0 aliphatic carbocycles. The average molecular weight is 803 g/mol. The average Bonchev–Trinajstić information content (AvgIpc) is 3.19. The molecule has 4 aromatic rings. The van der Waals surface area contributed by atoms with E-state index < -0.39 is 76.0 Å². The molecular formula is C39H37N3O12PS+. The summed E-state index contributed by atoms with van der Waals surface area (Å²) in [5, 5.41) is 12.0. The Bertz CT molecular complexity index is 2080. The van der Waals surface area contributed by atoms with E-state index in [2.05, 4.69) is 0 Å². The Morgan fingerprint density at radius 1 is 0.821 bits per heavy atom. The Morgan fingerprint density at radius 2 is 1.34 bits per heavy atom. The molecule has 0 aromatic heterocycles. The summed E-state index contributed by atoms with van der Waals surface area (Å²) >= 11 is 0.418. The minimum Gasteiger partial charge on any atom is -0.450 e. The van der Waals surface area contributed by atoms with Crippen molar-refractivity contribution in [3.63, 3.8) is 0 Å². The number of nitro groups is 1. The topological polar surface area (TPSA) is 208 Å². The van der Waals surface area contributed by atoms with Gasteiger partial charge in [-0.1, -0.05) is 91.0 Å². The van der Waals surface area contributed by atoms with Crippen molar-refractivity contribution < 1.29 is 56.5 Å². The van der Waals surface area contributed by atoms with Crippen LogP contribution in [0.15, 0.2) is 115 Å². The van der Waals surface area contributed by atoms with E-state index in [0.29, 0.717) is 33.4 Å². The first-order chi connectivity index (χ1) is 26.8. The number of ether oxygens (including phenoxy) is 4. The van der Waals surface area contributed by atoms with Crippen molar-refractivity contribution in [3.05, 3.63) is 131 Å². The van der Waals surface area contributed by atoms with Gasteiger partial charge in [0.05, 0.1) is 4.92 Å². The molecule has 2 unspecified atom stereocenters. The van der Waals surface area contributed by atoms with Gasteiger partial charge in [-0.25, -0.2) is 19.2 Å². The van der Waals surface area contributed by atoms with E-state index in [9.17, 15) is 38.9 Å². The highest BCUT2D eigenvalue weighted by molar-refractivity contribution is 8.10. The summed E-state index contributed by atoms with van der Waals surface area (Å²) in [6, 6.07) is 32.2. The zero-order valence-electron chi connectivity index (χ0n) is 30.2. The molecule has 0 spiro atoms. The zero-order valence-corrected chi connectivity index (χ0v) is 31.9. The SMILES string of the molecule is CC(=O)COC(=O)C([N+]1(SC(=O)COC(N)=O)C[C@@H](C(C)OC(=O)OCc2ccc([N+](=O)[O-])cc2)C1=O)=P(c1ccccc1)(c1ccccc1)c1ccccc1. The molecule has 4 aromatic carbocycles. The monoisotopic (exact) mass is 802 g/mol. The van der Waals surface area contributed by atoms with Crippen LogP contribution in [0.25, 0.3) is 0 Å². The predicted octanol–water partition coefficient (Wildman–Crippen LogP) is 4.14. The number of benzene rings is 4. The number of amides is 2. The summed E-state index contributed by atoms with van der Waals surface area (Å²) in [6.07, 6.45) is -3.53. The summed E-state index contributed by atoms with van der Waals surface area (Å²) in [4.78, 5) is 90.5. The van der Waals surface area contributed by atoms with E-state index in [4.69, 9.17) is 24.7 Å². The van der Waals surface area contributed by atoms with Crippen molar-refractivity contribution in [1.82, 2.24) is 0 Å². The van der Waals surface area contributed by atoms with Crippen molar-refractivity contribution >= 4 is 80.9 Å². The number of β-lactam (4-membered cyclic amide) rings is 1. The maximum absolute atomic E-state index is 15.0. The van der Waals surface area contributed by atoms with Gasteiger partial charge in [0.2, 0.25) is 5.42 Å². The summed E-state index contributed by atoms with van der Waals surface area (Å²) in [5.74, 6) is -3.32. The van der Waals surface area contributed by atoms with Crippen molar-refractivity contribution in [2.75, 3.05) is 19.8 Å². The highest BCUT2D eigenvalue weighted by Gasteiger charge is 2.67. The molecule has 1 fully saturated rings. The van der Waals surface area contributed by atoms with Crippen LogP contribution in [0, 0.1) is 16.0 Å².